The van der Waals surface area contributed by atoms with Gasteiger partial charge in [0.05, 0.1) is 33.5 Å². The van der Waals surface area contributed by atoms with Crippen molar-refractivity contribution >= 4 is 0 Å². The first-order valence-corrected chi connectivity index (χ1v) is 8.90. The number of aliphatic hydroxyl groups is 1. The van der Waals surface area contributed by atoms with E-state index in [9.17, 15) is 5.11 Å². The quantitative estimate of drug-likeness (QED) is 0.540. The van der Waals surface area contributed by atoms with Crippen LogP contribution in [-0.2, 0) is 11.3 Å². The Hall–Kier alpha value is -1.30. The van der Waals surface area contributed by atoms with Gasteiger partial charge in [-0.25, -0.2) is 0 Å². The Morgan fingerprint density at radius 2 is 1.88 bits per heavy atom. The van der Waals surface area contributed by atoms with Crippen molar-refractivity contribution in [3.8, 4) is 11.5 Å². The molecule has 1 aromatic carbocycles. The van der Waals surface area contributed by atoms with Crippen LogP contribution in [0.3, 0.4) is 0 Å². The van der Waals surface area contributed by atoms with Gasteiger partial charge in [0.2, 0.25) is 0 Å². The molecule has 0 amide bonds. The van der Waals surface area contributed by atoms with E-state index in [1.54, 1.807) is 14.2 Å². The minimum atomic E-state index is -0.446. The highest BCUT2D eigenvalue weighted by molar-refractivity contribution is 5.42. The van der Waals surface area contributed by atoms with Gasteiger partial charge in [0, 0.05) is 0 Å². The predicted molar refractivity (Wildman–Crippen MR) is 95.6 cm³/mol. The van der Waals surface area contributed by atoms with E-state index in [0.29, 0.717) is 37.3 Å². The smallest absolute Gasteiger partial charge is 0.161 e. The lowest BCUT2D eigenvalue weighted by atomic mass is 10.1. The number of hydrogen-bond donors (Lipinski definition) is 2. The molecule has 0 spiro atoms. The van der Waals surface area contributed by atoms with Gasteiger partial charge in [-0.2, -0.15) is 0 Å². The Bertz CT molecular complexity index is 453. The summed E-state index contributed by atoms with van der Waals surface area (Å²) in [4.78, 5) is 0. The van der Waals surface area contributed by atoms with Gasteiger partial charge >= 0.3 is 0 Å². The molecular weight excluding hydrogens is 306 g/mol. The van der Waals surface area contributed by atoms with Gasteiger partial charge in [-0.15, -0.1) is 0 Å². The molecule has 0 bridgehead atoms. The van der Waals surface area contributed by atoms with Crippen LogP contribution in [0.2, 0.25) is 0 Å². The Morgan fingerprint density at radius 1 is 1.12 bits per heavy atom. The van der Waals surface area contributed by atoms with Crippen LogP contribution in [0.4, 0.5) is 0 Å². The van der Waals surface area contributed by atoms with E-state index in [1.807, 2.05) is 18.2 Å². The average Bonchev–Trinajstić information content (AvgIpc) is 2.60. The second-order valence-electron chi connectivity index (χ2n) is 6.30. The Balaban J connectivity index is 2.24. The zero-order chi connectivity index (χ0) is 17.8. The highest BCUT2D eigenvalue weighted by Crippen LogP contribution is 2.27. The summed E-state index contributed by atoms with van der Waals surface area (Å²) in [6.07, 6.45) is 4.56. The van der Waals surface area contributed by atoms with Gasteiger partial charge in [-0.1, -0.05) is 25.8 Å². The third kappa shape index (κ3) is 7.99. The van der Waals surface area contributed by atoms with Crippen molar-refractivity contribution in [2.45, 2.75) is 58.3 Å². The first kappa shape index (κ1) is 20.7. The van der Waals surface area contributed by atoms with Crippen LogP contribution in [0.1, 0.15) is 45.1 Å². The lowest BCUT2D eigenvalue weighted by Gasteiger charge is -2.15. The van der Waals surface area contributed by atoms with Crippen molar-refractivity contribution < 1.29 is 24.6 Å². The van der Waals surface area contributed by atoms with Gasteiger partial charge in [-0.05, 0) is 37.5 Å². The van der Waals surface area contributed by atoms with Gasteiger partial charge < -0.3 is 24.6 Å². The van der Waals surface area contributed by atoms with Gasteiger partial charge in [0.25, 0.3) is 0 Å². The molecule has 5 nitrogen and oxygen atoms in total. The van der Waals surface area contributed by atoms with Gasteiger partial charge in [0.15, 0.2) is 11.5 Å². The third-order valence-electron chi connectivity index (χ3n) is 4.10. The molecule has 0 aromatic heterocycles. The highest BCUT2D eigenvalue weighted by atomic mass is 16.5. The monoisotopic (exact) mass is 340 g/mol. The first-order valence-electron chi connectivity index (χ1n) is 8.90. The third-order valence-corrected chi connectivity index (χ3v) is 4.10. The highest BCUT2D eigenvalue weighted by Gasteiger charge is 2.11. The van der Waals surface area contributed by atoms with Crippen LogP contribution < -0.4 is 14.8 Å². The first-order chi connectivity index (χ1) is 11.6. The molecular formula is C19H34NO4+. The minimum absolute atomic E-state index is 0.340. The molecule has 5 heteroatoms. The van der Waals surface area contributed by atoms with Crippen molar-refractivity contribution in [3.05, 3.63) is 23.8 Å². The maximum atomic E-state index is 10.0. The lowest BCUT2D eigenvalue weighted by Crippen LogP contribution is -2.91. The number of aliphatic hydroxyl groups excluding tert-OH is 1. The summed E-state index contributed by atoms with van der Waals surface area (Å²) in [6.45, 7) is 5.90. The van der Waals surface area contributed by atoms with Crippen LogP contribution in [0.15, 0.2) is 18.2 Å². The maximum absolute atomic E-state index is 10.0. The van der Waals surface area contributed by atoms with Crippen molar-refractivity contribution in [1.82, 2.24) is 0 Å². The SMILES string of the molecule is CCCCC[C@H](C)[NH2+]C[C@H](O)COCc1ccc(OC)c(OC)c1. The molecule has 138 valence electrons. The van der Waals surface area contributed by atoms with Crippen molar-refractivity contribution in [1.29, 1.82) is 0 Å². The molecule has 1 rings (SSSR count). The summed E-state index contributed by atoms with van der Waals surface area (Å²) in [5.41, 5.74) is 0.997. The molecule has 2 atom stereocenters. The number of ether oxygens (including phenoxy) is 3. The molecule has 3 N–H and O–H groups in total. The predicted octanol–water partition coefficient (Wildman–Crippen LogP) is 2.11. The van der Waals surface area contributed by atoms with E-state index >= 15 is 0 Å². The molecule has 0 unspecified atom stereocenters. The zero-order valence-electron chi connectivity index (χ0n) is 15.6. The maximum Gasteiger partial charge on any atom is 0.161 e. The van der Waals surface area contributed by atoms with E-state index in [1.165, 1.54) is 25.7 Å². The molecule has 0 fully saturated rings. The molecule has 0 saturated heterocycles. The van der Waals surface area contributed by atoms with Crippen LogP contribution >= 0.6 is 0 Å². The molecule has 1 aromatic rings. The Kier molecular flexibility index (Phi) is 10.5. The number of rotatable bonds is 13. The fraction of sp³-hybridized carbons (Fsp3) is 0.684. The molecule has 0 saturated carbocycles. The summed E-state index contributed by atoms with van der Waals surface area (Å²) in [7, 11) is 3.23. The Morgan fingerprint density at radius 3 is 2.54 bits per heavy atom. The van der Waals surface area contributed by atoms with Gasteiger partial charge in [0.1, 0.15) is 12.6 Å². The molecule has 24 heavy (non-hydrogen) atoms. The molecule has 0 aliphatic rings. The number of hydrogen-bond acceptors (Lipinski definition) is 4. The largest absolute Gasteiger partial charge is 0.493 e. The number of quaternary nitrogens is 1. The molecule has 0 heterocycles. The summed E-state index contributed by atoms with van der Waals surface area (Å²) < 4.78 is 16.1. The van der Waals surface area contributed by atoms with Gasteiger partial charge in [-0.3, -0.25) is 0 Å². The topological polar surface area (TPSA) is 64.5 Å². The molecule has 0 aliphatic carbocycles. The van der Waals surface area contributed by atoms with E-state index in [0.717, 1.165) is 5.56 Å². The zero-order valence-corrected chi connectivity index (χ0v) is 15.6. The van der Waals surface area contributed by atoms with E-state index in [4.69, 9.17) is 14.2 Å². The second-order valence-corrected chi connectivity index (χ2v) is 6.30. The fourth-order valence-corrected chi connectivity index (χ4v) is 2.57. The summed E-state index contributed by atoms with van der Waals surface area (Å²) in [6, 6.07) is 6.25. The van der Waals surface area contributed by atoms with Crippen LogP contribution in [0.5, 0.6) is 11.5 Å². The van der Waals surface area contributed by atoms with Crippen molar-refractivity contribution in [3.63, 3.8) is 0 Å². The number of methoxy groups -OCH3 is 2. The summed E-state index contributed by atoms with van der Waals surface area (Å²) in [5, 5.41) is 12.2. The lowest BCUT2D eigenvalue weighted by molar-refractivity contribution is -0.692. The number of nitrogens with two attached hydrogens (primary N) is 1. The second kappa shape index (κ2) is 12.1. The number of unbranched alkanes of at least 4 members (excludes halogenated alkanes) is 2. The Labute approximate surface area is 146 Å². The van der Waals surface area contributed by atoms with Crippen LogP contribution in [0, 0.1) is 0 Å². The van der Waals surface area contributed by atoms with Crippen molar-refractivity contribution in [2.75, 3.05) is 27.4 Å². The molecule has 0 radical (unpaired) electrons. The van der Waals surface area contributed by atoms with Crippen LogP contribution in [0.25, 0.3) is 0 Å². The fourth-order valence-electron chi connectivity index (χ4n) is 2.57. The average molecular weight is 340 g/mol. The van der Waals surface area contributed by atoms with E-state index in [-0.39, 0.29) is 0 Å². The standard InChI is InChI=1S/C19H33NO4/c1-5-6-7-8-15(2)20-12-17(21)14-24-13-16-9-10-18(22-3)19(11-16)23-4/h9-11,15,17,20-21H,5-8,12-14H2,1-4H3/p+1/t15-,17-/m0/s1. The number of benzene rings is 1. The normalized spacial score (nSPS) is 13.5. The molecule has 0 aliphatic heterocycles. The summed E-state index contributed by atoms with van der Waals surface area (Å²) >= 11 is 0. The minimum Gasteiger partial charge on any atom is -0.493 e. The van der Waals surface area contributed by atoms with Crippen molar-refractivity contribution in [2.24, 2.45) is 0 Å². The van der Waals surface area contributed by atoms with E-state index in [2.05, 4.69) is 19.2 Å². The summed E-state index contributed by atoms with van der Waals surface area (Å²) in [5.74, 6) is 1.39. The van der Waals surface area contributed by atoms with E-state index < -0.39 is 6.10 Å². The van der Waals surface area contributed by atoms with Crippen LogP contribution in [-0.4, -0.2) is 44.6 Å².